The molecule has 0 spiro atoms. The van der Waals surface area contributed by atoms with Gasteiger partial charge in [-0.3, -0.25) is 0 Å². The molecule has 0 radical (unpaired) electrons. The summed E-state index contributed by atoms with van der Waals surface area (Å²) in [5.41, 5.74) is 4.75. The molecule has 0 heterocycles. The molecule has 2 N–H and O–H groups in total. The number of rotatable bonds is 1. The summed E-state index contributed by atoms with van der Waals surface area (Å²) >= 11 is 0. The average molecular weight is 266 g/mol. The molecule has 2 unspecified atom stereocenters. The molecule has 0 saturated heterocycles. The molecule has 5 heteroatoms. The molecule has 0 bridgehead atoms. The first-order valence-electron chi connectivity index (χ1n) is 5.93. The summed E-state index contributed by atoms with van der Waals surface area (Å²) in [6.45, 7) is 3.74. The maximum atomic E-state index is 13.9. The van der Waals surface area contributed by atoms with Crippen LogP contribution in [0, 0.1) is 34.7 Å². The lowest BCUT2D eigenvalue weighted by molar-refractivity contribution is 0.341. The molecule has 19 heavy (non-hydrogen) atoms. The third-order valence-corrected chi connectivity index (χ3v) is 3.69. The molecule has 1 saturated carbocycles. The van der Waals surface area contributed by atoms with E-state index in [0.717, 1.165) is 6.07 Å². The van der Waals surface area contributed by atoms with E-state index in [0.29, 0.717) is 30.9 Å². The van der Waals surface area contributed by atoms with Gasteiger partial charge in [0.15, 0.2) is 11.6 Å². The monoisotopic (exact) mass is 266 g/mol. The van der Waals surface area contributed by atoms with Crippen molar-refractivity contribution in [2.45, 2.75) is 24.8 Å². The Bertz CT molecular complexity index is 577. The Labute approximate surface area is 109 Å². The molecule has 1 aliphatic rings. The van der Waals surface area contributed by atoms with Crippen LogP contribution in [0.3, 0.4) is 0 Å². The van der Waals surface area contributed by atoms with Crippen LogP contribution in [-0.4, -0.2) is 0 Å². The van der Waals surface area contributed by atoms with Gasteiger partial charge in [-0.25, -0.2) is 13.2 Å². The predicted octanol–water partition coefficient (Wildman–Crippen LogP) is 3.14. The number of nitrogens with zero attached hydrogens (tertiary/aromatic N) is 1. The number of hydrogen-bond acceptors (Lipinski definition) is 2. The van der Waals surface area contributed by atoms with Crippen molar-refractivity contribution in [2.75, 3.05) is 0 Å². The van der Waals surface area contributed by atoms with Crippen LogP contribution in [0.15, 0.2) is 24.3 Å². The van der Waals surface area contributed by atoms with E-state index in [9.17, 15) is 13.2 Å². The van der Waals surface area contributed by atoms with Crippen LogP contribution >= 0.6 is 0 Å². The van der Waals surface area contributed by atoms with Gasteiger partial charge in [-0.05, 0) is 30.9 Å². The van der Waals surface area contributed by atoms with Gasteiger partial charge in [0.05, 0.1) is 17.5 Å². The third kappa shape index (κ3) is 2.13. The molecule has 1 aromatic rings. The number of halogens is 3. The molecule has 0 amide bonds. The molecule has 2 rings (SSSR count). The van der Waals surface area contributed by atoms with Crippen molar-refractivity contribution in [2.24, 2.45) is 11.7 Å². The molecule has 0 aromatic heterocycles. The Morgan fingerprint density at radius 2 is 2.05 bits per heavy atom. The molecule has 2 nitrogen and oxygen atoms in total. The zero-order valence-corrected chi connectivity index (χ0v) is 10.2. The summed E-state index contributed by atoms with van der Waals surface area (Å²) in [6.07, 6.45) is 1.46. The standard InChI is InChI=1S/C14H13F3N2/c1-8-9(7-18)3-2-4-14(8,19)11-5-10(15)6-12(16)13(11)17/h5-6,9H,1-4,19H2. The van der Waals surface area contributed by atoms with Gasteiger partial charge < -0.3 is 5.73 Å². The molecular weight excluding hydrogens is 253 g/mol. The van der Waals surface area contributed by atoms with E-state index in [1.165, 1.54) is 0 Å². The lowest BCUT2D eigenvalue weighted by atomic mass is 9.69. The van der Waals surface area contributed by atoms with Crippen molar-refractivity contribution < 1.29 is 13.2 Å². The normalized spacial score (nSPS) is 27.1. The minimum absolute atomic E-state index is 0.269. The minimum Gasteiger partial charge on any atom is -0.318 e. The van der Waals surface area contributed by atoms with E-state index in [1.807, 2.05) is 6.07 Å². The number of benzene rings is 1. The summed E-state index contributed by atoms with van der Waals surface area (Å²) in [6, 6.07) is 3.38. The molecule has 2 atom stereocenters. The zero-order valence-electron chi connectivity index (χ0n) is 10.2. The summed E-state index contributed by atoms with van der Waals surface area (Å²) in [5, 5.41) is 9.01. The number of hydrogen-bond donors (Lipinski definition) is 1. The van der Waals surface area contributed by atoms with Gasteiger partial charge in [-0.2, -0.15) is 5.26 Å². The highest BCUT2D eigenvalue weighted by atomic mass is 19.2. The highest BCUT2D eigenvalue weighted by Crippen LogP contribution is 2.42. The summed E-state index contributed by atoms with van der Waals surface area (Å²) < 4.78 is 40.5. The Hall–Kier alpha value is -1.80. The van der Waals surface area contributed by atoms with Crippen molar-refractivity contribution in [3.63, 3.8) is 0 Å². The molecular formula is C14H13F3N2. The van der Waals surface area contributed by atoms with Crippen LogP contribution in [-0.2, 0) is 5.54 Å². The Kier molecular flexibility index (Phi) is 3.38. The van der Waals surface area contributed by atoms with E-state index < -0.39 is 28.9 Å². The first kappa shape index (κ1) is 13.6. The van der Waals surface area contributed by atoms with Gasteiger partial charge in [-0.1, -0.05) is 6.58 Å². The quantitative estimate of drug-likeness (QED) is 0.627. The second-order valence-electron chi connectivity index (χ2n) is 4.82. The first-order chi connectivity index (χ1) is 8.90. The largest absolute Gasteiger partial charge is 0.318 e. The second-order valence-corrected chi connectivity index (χ2v) is 4.82. The fourth-order valence-electron chi connectivity index (χ4n) is 2.56. The molecule has 1 aromatic carbocycles. The van der Waals surface area contributed by atoms with Crippen molar-refractivity contribution in [3.05, 3.63) is 47.3 Å². The van der Waals surface area contributed by atoms with E-state index in [2.05, 4.69) is 6.58 Å². The maximum absolute atomic E-state index is 13.9. The third-order valence-electron chi connectivity index (χ3n) is 3.69. The first-order valence-corrected chi connectivity index (χ1v) is 5.93. The highest BCUT2D eigenvalue weighted by molar-refractivity contribution is 5.39. The van der Waals surface area contributed by atoms with Gasteiger partial charge >= 0.3 is 0 Å². The van der Waals surface area contributed by atoms with Crippen LogP contribution in [0.5, 0.6) is 0 Å². The van der Waals surface area contributed by atoms with Gasteiger partial charge in [-0.15, -0.1) is 0 Å². The Morgan fingerprint density at radius 3 is 2.68 bits per heavy atom. The topological polar surface area (TPSA) is 49.8 Å². The second kappa shape index (κ2) is 4.71. The Balaban J connectivity index is 2.56. The number of nitrogens with two attached hydrogens (primary N) is 1. The van der Waals surface area contributed by atoms with Crippen LogP contribution in [0.25, 0.3) is 0 Å². The lowest BCUT2D eigenvalue weighted by Crippen LogP contribution is -2.44. The molecule has 1 aliphatic carbocycles. The van der Waals surface area contributed by atoms with Gasteiger partial charge in [0.25, 0.3) is 0 Å². The average Bonchev–Trinajstić information content (AvgIpc) is 2.37. The highest BCUT2D eigenvalue weighted by Gasteiger charge is 2.40. The molecule has 100 valence electrons. The fourth-order valence-corrected chi connectivity index (χ4v) is 2.56. The summed E-state index contributed by atoms with van der Waals surface area (Å²) in [5.74, 6) is -3.88. The van der Waals surface area contributed by atoms with E-state index in [-0.39, 0.29) is 5.56 Å². The van der Waals surface area contributed by atoms with Crippen LogP contribution in [0.1, 0.15) is 24.8 Å². The molecule has 0 aliphatic heterocycles. The van der Waals surface area contributed by atoms with E-state index in [4.69, 9.17) is 11.0 Å². The smallest absolute Gasteiger partial charge is 0.164 e. The SMILES string of the molecule is C=C1C(C#N)CCCC1(N)c1cc(F)cc(F)c1F. The molecule has 1 fully saturated rings. The minimum atomic E-state index is -1.40. The van der Waals surface area contributed by atoms with Gasteiger partial charge in [0.1, 0.15) is 5.82 Å². The maximum Gasteiger partial charge on any atom is 0.164 e. The van der Waals surface area contributed by atoms with Crippen molar-refractivity contribution in [1.82, 2.24) is 0 Å². The fraction of sp³-hybridized carbons (Fsp3) is 0.357. The van der Waals surface area contributed by atoms with E-state index in [1.54, 1.807) is 0 Å². The summed E-state index contributed by atoms with van der Waals surface area (Å²) in [7, 11) is 0. The van der Waals surface area contributed by atoms with Crippen molar-refractivity contribution in [1.29, 1.82) is 5.26 Å². The van der Waals surface area contributed by atoms with Crippen molar-refractivity contribution >= 4 is 0 Å². The van der Waals surface area contributed by atoms with E-state index >= 15 is 0 Å². The summed E-state index contributed by atoms with van der Waals surface area (Å²) in [4.78, 5) is 0. The number of nitriles is 1. The van der Waals surface area contributed by atoms with Gasteiger partial charge in [0.2, 0.25) is 0 Å². The lowest BCUT2D eigenvalue weighted by Gasteiger charge is -2.38. The van der Waals surface area contributed by atoms with Crippen LogP contribution in [0.4, 0.5) is 13.2 Å². The van der Waals surface area contributed by atoms with Crippen LogP contribution in [0.2, 0.25) is 0 Å². The van der Waals surface area contributed by atoms with Crippen molar-refractivity contribution in [3.8, 4) is 6.07 Å². The zero-order chi connectivity index (χ0) is 14.2. The van der Waals surface area contributed by atoms with Gasteiger partial charge in [0, 0.05) is 11.6 Å². The van der Waals surface area contributed by atoms with Crippen LogP contribution < -0.4 is 5.73 Å². The predicted molar refractivity (Wildman–Crippen MR) is 64.3 cm³/mol. The Morgan fingerprint density at radius 1 is 1.37 bits per heavy atom.